The normalized spacial score (nSPS) is 28.4. The van der Waals surface area contributed by atoms with Gasteiger partial charge in [-0.3, -0.25) is 4.79 Å². The molecule has 236 valence electrons. The fourth-order valence-corrected chi connectivity index (χ4v) is 9.68. The van der Waals surface area contributed by atoms with Crippen molar-refractivity contribution >= 4 is 15.7 Å². The van der Waals surface area contributed by atoms with E-state index in [1.54, 1.807) is 6.92 Å². The number of likely N-dealkylation sites (tertiary alicyclic amines) is 1. The molecule has 1 saturated carbocycles. The number of hydrogen-bond acceptors (Lipinski definition) is 4. The van der Waals surface area contributed by atoms with Crippen LogP contribution >= 0.6 is 0 Å². The first-order chi connectivity index (χ1) is 19.9. The summed E-state index contributed by atoms with van der Waals surface area (Å²) in [4.78, 5) is 14.8. The lowest BCUT2D eigenvalue weighted by molar-refractivity contribution is -0.348. The van der Waals surface area contributed by atoms with Crippen LogP contribution < -0.4 is 0 Å². The van der Waals surface area contributed by atoms with Gasteiger partial charge in [-0.2, -0.15) is 26.3 Å². The van der Waals surface area contributed by atoms with E-state index in [1.807, 2.05) is 0 Å². The van der Waals surface area contributed by atoms with E-state index in [9.17, 15) is 53.4 Å². The highest BCUT2D eigenvalue weighted by atomic mass is 32.2. The van der Waals surface area contributed by atoms with Gasteiger partial charge in [-0.15, -0.1) is 0 Å². The van der Waals surface area contributed by atoms with E-state index in [4.69, 9.17) is 0 Å². The standard InChI is InChI=1S/C29H29F8NO4S/c1-16-13-20(39)7-8-22(16)25(40)38-12-11-26(43(41,42)21-4-2-3-19(30)15-21)23-9-6-18(14-17(23)5-10-24(26)38)27(31,28(32,33)34)29(35,36)37/h2-4,6,9,14-16,20,22,24,39H,5,7-8,10-13H2,1H3. The Morgan fingerprint density at radius 2 is 1.65 bits per heavy atom. The first kappa shape index (κ1) is 31.7. The third kappa shape index (κ3) is 4.74. The average Bonchev–Trinajstić information content (AvgIpc) is 3.32. The van der Waals surface area contributed by atoms with Crippen molar-refractivity contribution in [2.45, 2.75) is 85.3 Å². The molecule has 14 heteroatoms. The van der Waals surface area contributed by atoms with Gasteiger partial charge in [0, 0.05) is 18.0 Å². The predicted molar refractivity (Wildman–Crippen MR) is 138 cm³/mol. The number of aryl methyl sites for hydroxylation is 1. The van der Waals surface area contributed by atoms with Crippen molar-refractivity contribution in [2.24, 2.45) is 11.8 Å². The molecular weight excluding hydrogens is 610 g/mol. The maximum Gasteiger partial charge on any atom is 0.435 e. The Morgan fingerprint density at radius 1 is 0.977 bits per heavy atom. The van der Waals surface area contributed by atoms with Crippen LogP contribution in [0.2, 0.25) is 0 Å². The summed E-state index contributed by atoms with van der Waals surface area (Å²) in [6, 6.07) is 4.44. The van der Waals surface area contributed by atoms with Crippen molar-refractivity contribution < 1.29 is 53.4 Å². The minimum absolute atomic E-state index is 0.0941. The SMILES string of the molecule is CC1CC(O)CCC1C(=O)N1CCC2(S(=O)(=O)c3cccc(F)c3)c3ccc(C(F)(C(F)(F)F)C(F)(F)F)cc3CCC12. The lowest BCUT2D eigenvalue weighted by Crippen LogP contribution is -2.54. The molecule has 0 bridgehead atoms. The van der Waals surface area contributed by atoms with Crippen molar-refractivity contribution in [2.75, 3.05) is 6.54 Å². The Bertz CT molecular complexity index is 1510. The number of carbonyl (C=O) groups excluding carboxylic acids is 1. The van der Waals surface area contributed by atoms with Crippen molar-refractivity contribution in [1.29, 1.82) is 0 Å². The van der Waals surface area contributed by atoms with Crippen LogP contribution in [0.25, 0.3) is 0 Å². The number of alkyl halides is 7. The average molecular weight is 640 g/mol. The number of amides is 1. The van der Waals surface area contributed by atoms with Crippen LogP contribution in [0.5, 0.6) is 0 Å². The summed E-state index contributed by atoms with van der Waals surface area (Å²) in [6.07, 6.45) is -12.9. The van der Waals surface area contributed by atoms with Gasteiger partial charge in [0.2, 0.25) is 5.91 Å². The zero-order chi connectivity index (χ0) is 31.8. The van der Waals surface area contributed by atoms with Gasteiger partial charge >= 0.3 is 18.0 Å². The minimum Gasteiger partial charge on any atom is -0.393 e. The number of halogens is 8. The van der Waals surface area contributed by atoms with Crippen LogP contribution in [-0.4, -0.2) is 55.4 Å². The second-order valence-electron chi connectivity index (χ2n) is 11.8. The Balaban J connectivity index is 1.67. The zero-order valence-corrected chi connectivity index (χ0v) is 23.7. The molecule has 2 fully saturated rings. The smallest absolute Gasteiger partial charge is 0.393 e. The summed E-state index contributed by atoms with van der Waals surface area (Å²) in [6.45, 7) is 1.70. The van der Waals surface area contributed by atoms with Crippen LogP contribution in [0, 0.1) is 17.7 Å². The van der Waals surface area contributed by atoms with Crippen LogP contribution in [-0.2, 0) is 31.5 Å². The van der Waals surface area contributed by atoms with Gasteiger partial charge in [-0.25, -0.2) is 17.2 Å². The van der Waals surface area contributed by atoms with Crippen LogP contribution in [0.15, 0.2) is 47.4 Å². The molecular formula is C29H29F8NO4S. The summed E-state index contributed by atoms with van der Waals surface area (Å²) in [5.41, 5.74) is -7.82. The summed E-state index contributed by atoms with van der Waals surface area (Å²) >= 11 is 0. The molecule has 3 aliphatic rings. The second kappa shape index (κ2) is 10.4. The maximum atomic E-state index is 15.0. The summed E-state index contributed by atoms with van der Waals surface area (Å²) in [5.74, 6) is -2.02. The summed E-state index contributed by atoms with van der Waals surface area (Å²) < 4.78 is 137. The number of carbonyl (C=O) groups is 1. The molecule has 2 aromatic rings. The third-order valence-corrected chi connectivity index (χ3v) is 11.9. The van der Waals surface area contributed by atoms with Crippen molar-refractivity contribution in [1.82, 2.24) is 4.90 Å². The Morgan fingerprint density at radius 3 is 2.26 bits per heavy atom. The highest BCUT2D eigenvalue weighted by Gasteiger charge is 2.74. The summed E-state index contributed by atoms with van der Waals surface area (Å²) in [5, 5.41) is 10.0. The molecule has 1 saturated heterocycles. The molecule has 1 amide bonds. The maximum absolute atomic E-state index is 15.0. The number of rotatable bonds is 4. The van der Waals surface area contributed by atoms with Crippen LogP contribution in [0.4, 0.5) is 35.1 Å². The van der Waals surface area contributed by atoms with Crippen molar-refractivity contribution in [3.63, 3.8) is 0 Å². The van der Waals surface area contributed by atoms with Crippen LogP contribution in [0.1, 0.15) is 55.7 Å². The number of nitrogens with zero attached hydrogens (tertiary/aromatic N) is 1. The van der Waals surface area contributed by atoms with E-state index in [-0.39, 0.29) is 48.8 Å². The summed E-state index contributed by atoms with van der Waals surface area (Å²) in [7, 11) is -4.63. The molecule has 0 radical (unpaired) electrons. The molecule has 5 atom stereocenters. The fourth-order valence-electron chi connectivity index (χ4n) is 7.29. The van der Waals surface area contributed by atoms with Crippen molar-refractivity contribution in [3.05, 3.63) is 65.0 Å². The second-order valence-corrected chi connectivity index (χ2v) is 14.0. The van der Waals surface area contributed by atoms with E-state index in [1.165, 1.54) is 4.90 Å². The first-order valence-electron chi connectivity index (χ1n) is 13.8. The third-order valence-electron chi connectivity index (χ3n) is 9.39. The molecule has 2 aliphatic carbocycles. The molecule has 43 heavy (non-hydrogen) atoms. The van der Waals surface area contributed by atoms with Crippen LogP contribution in [0.3, 0.4) is 0 Å². The van der Waals surface area contributed by atoms with Gasteiger partial charge < -0.3 is 10.0 Å². The van der Waals surface area contributed by atoms with Gasteiger partial charge in [0.25, 0.3) is 0 Å². The number of sulfone groups is 1. The van der Waals surface area contributed by atoms with Crippen molar-refractivity contribution in [3.8, 4) is 0 Å². The van der Waals surface area contributed by atoms with Gasteiger partial charge in [0.1, 0.15) is 10.6 Å². The molecule has 5 nitrogen and oxygen atoms in total. The number of fused-ring (bicyclic) bond motifs is 3. The van der Waals surface area contributed by atoms with Gasteiger partial charge in [0.05, 0.1) is 17.0 Å². The zero-order valence-electron chi connectivity index (χ0n) is 22.9. The predicted octanol–water partition coefficient (Wildman–Crippen LogP) is 6.13. The Kier molecular flexibility index (Phi) is 7.68. The van der Waals surface area contributed by atoms with E-state index in [0.29, 0.717) is 31.4 Å². The largest absolute Gasteiger partial charge is 0.435 e. The lowest BCUT2D eigenvalue weighted by atomic mass is 9.75. The van der Waals surface area contributed by atoms with E-state index >= 15 is 0 Å². The molecule has 0 aromatic heterocycles. The lowest BCUT2D eigenvalue weighted by Gasteiger charge is -2.44. The van der Waals surface area contributed by atoms with Gasteiger partial charge in [-0.1, -0.05) is 31.2 Å². The molecule has 1 N–H and O–H groups in total. The molecule has 1 aliphatic heterocycles. The monoisotopic (exact) mass is 639 g/mol. The van der Waals surface area contributed by atoms with Gasteiger partial charge in [0.15, 0.2) is 9.84 Å². The number of aliphatic hydroxyl groups is 1. The Hall–Kier alpha value is -2.74. The first-order valence-corrected chi connectivity index (χ1v) is 15.3. The number of hydrogen-bond donors (Lipinski definition) is 1. The Labute approximate surface area is 242 Å². The molecule has 0 spiro atoms. The highest BCUT2D eigenvalue weighted by molar-refractivity contribution is 7.92. The quantitative estimate of drug-likeness (QED) is 0.409. The van der Waals surface area contributed by atoms with E-state index < -0.39 is 66.9 Å². The minimum atomic E-state index is -6.36. The molecule has 2 aromatic carbocycles. The fraction of sp³-hybridized carbons (Fsp3) is 0.552. The highest BCUT2D eigenvalue weighted by Crippen LogP contribution is 2.57. The van der Waals surface area contributed by atoms with Gasteiger partial charge in [-0.05, 0) is 73.8 Å². The molecule has 5 rings (SSSR count). The number of benzene rings is 2. The topological polar surface area (TPSA) is 74.7 Å². The van der Waals surface area contributed by atoms with E-state index in [0.717, 1.165) is 30.3 Å². The molecule has 5 unspecified atom stereocenters. The van der Waals surface area contributed by atoms with E-state index in [2.05, 4.69) is 0 Å². The molecule has 1 heterocycles. The number of aliphatic hydroxyl groups excluding tert-OH is 1.